The summed E-state index contributed by atoms with van der Waals surface area (Å²) in [6, 6.07) is 13.3. The number of nitrogens with zero attached hydrogens (tertiary/aromatic N) is 1. The molecule has 2 aromatic carbocycles. The number of para-hydroxylation sites is 1. The number of amides is 1. The summed E-state index contributed by atoms with van der Waals surface area (Å²) < 4.78 is 5.28. The van der Waals surface area contributed by atoms with Crippen molar-refractivity contribution in [2.24, 2.45) is 0 Å². The van der Waals surface area contributed by atoms with Crippen LogP contribution in [0.4, 0.5) is 5.69 Å². The molecule has 6 heteroatoms. The Morgan fingerprint density at radius 1 is 1.19 bits per heavy atom. The minimum atomic E-state index is -0.331. The lowest BCUT2D eigenvalue weighted by molar-refractivity contribution is -0.115. The zero-order valence-electron chi connectivity index (χ0n) is 15.7. The second kappa shape index (κ2) is 8.19. The molecule has 0 fully saturated rings. The number of ether oxygens (including phenoxy) is 1. The maximum Gasteiger partial charge on any atom is 0.237 e. The number of benzene rings is 2. The lowest BCUT2D eigenvalue weighted by Crippen LogP contribution is -2.22. The number of fused-ring (bicyclic) bond motifs is 1. The van der Waals surface area contributed by atoms with Crippen LogP contribution < -0.4 is 10.1 Å². The zero-order valence-corrected chi connectivity index (χ0v) is 17.2. The standard InChI is InChI=1S/C21H21ClN2O2S/c1-12-6-5-7-16-13(2)10-19(24-20(12)16)27-14(3)21(25)23-17-11-15(22)8-9-18(17)26-4/h5-11,14H,1-4H3,(H,23,25)/t14-/m0/s1. The minimum Gasteiger partial charge on any atom is -0.495 e. The molecule has 1 N–H and O–H groups in total. The van der Waals surface area contributed by atoms with Crippen LogP contribution in [0.25, 0.3) is 10.9 Å². The number of pyridine rings is 1. The highest BCUT2D eigenvalue weighted by atomic mass is 35.5. The summed E-state index contributed by atoms with van der Waals surface area (Å²) in [5.74, 6) is 0.435. The van der Waals surface area contributed by atoms with Crippen molar-refractivity contribution < 1.29 is 9.53 Å². The van der Waals surface area contributed by atoms with E-state index in [-0.39, 0.29) is 11.2 Å². The molecule has 0 aliphatic heterocycles. The molecule has 0 saturated heterocycles. The van der Waals surface area contributed by atoms with Crippen LogP contribution in [0, 0.1) is 13.8 Å². The largest absolute Gasteiger partial charge is 0.495 e. The second-order valence-electron chi connectivity index (χ2n) is 6.34. The van der Waals surface area contributed by atoms with Crippen molar-refractivity contribution in [1.82, 2.24) is 4.98 Å². The van der Waals surface area contributed by atoms with E-state index in [2.05, 4.69) is 18.3 Å². The molecule has 140 valence electrons. The number of aromatic nitrogens is 1. The predicted molar refractivity (Wildman–Crippen MR) is 113 cm³/mol. The van der Waals surface area contributed by atoms with Gasteiger partial charge in [0.05, 0.1) is 28.6 Å². The number of nitrogens with one attached hydrogen (secondary N) is 1. The monoisotopic (exact) mass is 400 g/mol. The van der Waals surface area contributed by atoms with Gasteiger partial charge in [-0.15, -0.1) is 0 Å². The van der Waals surface area contributed by atoms with E-state index in [0.29, 0.717) is 16.5 Å². The predicted octanol–water partition coefficient (Wildman–Crippen LogP) is 5.63. The molecule has 1 atom stereocenters. The maximum atomic E-state index is 12.7. The van der Waals surface area contributed by atoms with Crippen LogP contribution in [-0.2, 0) is 4.79 Å². The molecule has 0 aliphatic carbocycles. The van der Waals surface area contributed by atoms with Crippen LogP contribution in [0.15, 0.2) is 47.5 Å². The Hall–Kier alpha value is -2.24. The van der Waals surface area contributed by atoms with Gasteiger partial charge in [-0.2, -0.15) is 0 Å². The average molecular weight is 401 g/mol. The van der Waals surface area contributed by atoms with Crippen LogP contribution in [0.5, 0.6) is 5.75 Å². The number of aryl methyl sites for hydroxylation is 2. The number of halogens is 1. The molecule has 3 rings (SSSR count). The molecule has 0 unspecified atom stereocenters. The van der Waals surface area contributed by atoms with Crippen LogP contribution in [0.2, 0.25) is 5.02 Å². The highest BCUT2D eigenvalue weighted by Gasteiger charge is 2.18. The molecular formula is C21H21ClN2O2S. The highest BCUT2D eigenvalue weighted by molar-refractivity contribution is 8.00. The van der Waals surface area contributed by atoms with Gasteiger partial charge in [0.25, 0.3) is 0 Å². The zero-order chi connectivity index (χ0) is 19.6. The van der Waals surface area contributed by atoms with Crippen LogP contribution in [-0.4, -0.2) is 23.3 Å². The second-order valence-corrected chi connectivity index (χ2v) is 8.14. The van der Waals surface area contributed by atoms with Gasteiger partial charge in [-0.05, 0) is 56.2 Å². The number of carbonyl (C=O) groups excluding carboxylic acids is 1. The van der Waals surface area contributed by atoms with Gasteiger partial charge in [-0.25, -0.2) is 4.98 Å². The third-order valence-electron chi connectivity index (χ3n) is 4.31. The number of hydrogen-bond acceptors (Lipinski definition) is 4. The maximum absolute atomic E-state index is 12.7. The van der Waals surface area contributed by atoms with Crippen LogP contribution in [0.3, 0.4) is 0 Å². The summed E-state index contributed by atoms with van der Waals surface area (Å²) in [6.07, 6.45) is 0. The summed E-state index contributed by atoms with van der Waals surface area (Å²) in [5, 5.41) is 5.06. The first-order valence-corrected chi connectivity index (χ1v) is 9.83. The normalized spacial score (nSPS) is 12.0. The lowest BCUT2D eigenvalue weighted by Gasteiger charge is -2.15. The van der Waals surface area contributed by atoms with Crippen molar-refractivity contribution in [2.75, 3.05) is 12.4 Å². The van der Waals surface area contributed by atoms with Gasteiger partial charge in [-0.3, -0.25) is 4.79 Å². The van der Waals surface area contributed by atoms with Crippen molar-refractivity contribution in [3.8, 4) is 5.75 Å². The fourth-order valence-corrected chi connectivity index (χ4v) is 3.93. The van der Waals surface area contributed by atoms with Crippen molar-refractivity contribution >= 4 is 45.9 Å². The summed E-state index contributed by atoms with van der Waals surface area (Å²) in [4.78, 5) is 17.4. The smallest absolute Gasteiger partial charge is 0.237 e. The van der Waals surface area contributed by atoms with Crippen molar-refractivity contribution in [3.05, 3.63) is 58.6 Å². The Balaban J connectivity index is 1.80. The number of carbonyl (C=O) groups is 1. The quantitative estimate of drug-likeness (QED) is 0.563. The Morgan fingerprint density at radius 2 is 1.96 bits per heavy atom. The summed E-state index contributed by atoms with van der Waals surface area (Å²) >= 11 is 7.46. The van der Waals surface area contributed by atoms with Gasteiger partial charge in [0, 0.05) is 10.4 Å². The van der Waals surface area contributed by atoms with Crippen LogP contribution >= 0.6 is 23.4 Å². The molecule has 1 amide bonds. The first-order valence-electron chi connectivity index (χ1n) is 8.57. The van der Waals surface area contributed by atoms with Gasteiger partial charge in [0.1, 0.15) is 5.75 Å². The first kappa shape index (κ1) is 19.5. The molecule has 0 spiro atoms. The van der Waals surface area contributed by atoms with E-state index in [4.69, 9.17) is 21.3 Å². The summed E-state index contributed by atoms with van der Waals surface area (Å²) in [6.45, 7) is 5.97. The van der Waals surface area contributed by atoms with E-state index < -0.39 is 0 Å². The third kappa shape index (κ3) is 4.37. The average Bonchev–Trinajstić information content (AvgIpc) is 2.63. The van der Waals surface area contributed by atoms with E-state index in [0.717, 1.165) is 27.1 Å². The molecule has 3 aromatic rings. The van der Waals surface area contributed by atoms with E-state index in [1.54, 1.807) is 25.3 Å². The van der Waals surface area contributed by atoms with Gasteiger partial charge >= 0.3 is 0 Å². The van der Waals surface area contributed by atoms with Crippen LogP contribution in [0.1, 0.15) is 18.1 Å². The minimum absolute atomic E-state index is 0.134. The van der Waals surface area contributed by atoms with Gasteiger partial charge in [-0.1, -0.05) is 41.6 Å². The van der Waals surface area contributed by atoms with E-state index in [9.17, 15) is 4.79 Å². The first-order chi connectivity index (χ1) is 12.9. The molecule has 0 bridgehead atoms. The Labute approximate surface area is 168 Å². The molecule has 4 nitrogen and oxygen atoms in total. The number of rotatable bonds is 5. The highest BCUT2D eigenvalue weighted by Crippen LogP contribution is 2.31. The fraction of sp³-hybridized carbons (Fsp3) is 0.238. The Morgan fingerprint density at radius 3 is 2.70 bits per heavy atom. The summed E-state index contributed by atoms with van der Waals surface area (Å²) in [5.41, 5.74) is 3.80. The van der Waals surface area contributed by atoms with E-state index in [1.807, 2.05) is 32.0 Å². The molecule has 0 saturated carbocycles. The molecule has 0 aliphatic rings. The molecule has 1 heterocycles. The number of anilines is 1. The van der Waals surface area contributed by atoms with Gasteiger partial charge < -0.3 is 10.1 Å². The van der Waals surface area contributed by atoms with E-state index >= 15 is 0 Å². The third-order valence-corrected chi connectivity index (χ3v) is 5.56. The molecule has 0 radical (unpaired) electrons. The SMILES string of the molecule is COc1ccc(Cl)cc1NC(=O)[C@H](C)Sc1cc(C)c2cccc(C)c2n1. The van der Waals surface area contributed by atoms with Crippen molar-refractivity contribution in [1.29, 1.82) is 0 Å². The van der Waals surface area contributed by atoms with Gasteiger partial charge in [0.15, 0.2) is 0 Å². The Bertz CT molecular complexity index is 1010. The van der Waals surface area contributed by atoms with E-state index in [1.165, 1.54) is 11.8 Å². The molecule has 27 heavy (non-hydrogen) atoms. The lowest BCUT2D eigenvalue weighted by atomic mass is 10.1. The number of thioether (sulfide) groups is 1. The molecular weight excluding hydrogens is 380 g/mol. The van der Waals surface area contributed by atoms with Gasteiger partial charge in [0.2, 0.25) is 5.91 Å². The Kier molecular flexibility index (Phi) is 5.92. The summed E-state index contributed by atoms with van der Waals surface area (Å²) in [7, 11) is 1.56. The topological polar surface area (TPSA) is 51.2 Å². The number of hydrogen-bond donors (Lipinski definition) is 1. The van der Waals surface area contributed by atoms with Crippen molar-refractivity contribution in [3.63, 3.8) is 0 Å². The fourth-order valence-electron chi connectivity index (χ4n) is 2.84. The van der Waals surface area contributed by atoms with Crippen molar-refractivity contribution in [2.45, 2.75) is 31.0 Å². The molecule has 1 aromatic heterocycles. The number of methoxy groups -OCH3 is 1.